The summed E-state index contributed by atoms with van der Waals surface area (Å²) >= 11 is 5.87. The summed E-state index contributed by atoms with van der Waals surface area (Å²) < 4.78 is 0. The molecule has 0 bridgehead atoms. The lowest BCUT2D eigenvalue weighted by Crippen LogP contribution is -2.12. The number of amides is 1. The average molecular weight is 262 g/mol. The molecule has 5 heteroatoms. The maximum Gasteiger partial charge on any atom is 0.255 e. The molecular formula is C13H12ClN3O. The molecular weight excluding hydrogens is 250 g/mol. The third-order valence-corrected chi connectivity index (χ3v) is 2.58. The summed E-state index contributed by atoms with van der Waals surface area (Å²) in [6.07, 6.45) is 3.96. The number of aryl methyl sites for hydroxylation is 1. The van der Waals surface area contributed by atoms with Crippen LogP contribution in [0.5, 0.6) is 0 Å². The molecule has 0 aromatic carbocycles. The van der Waals surface area contributed by atoms with Crippen LogP contribution in [0.15, 0.2) is 36.7 Å². The molecule has 0 radical (unpaired) electrons. The summed E-state index contributed by atoms with van der Waals surface area (Å²) in [5.74, 6) is -0.220. The first kappa shape index (κ1) is 12.5. The maximum atomic E-state index is 12.0. The van der Waals surface area contributed by atoms with E-state index in [4.69, 9.17) is 11.6 Å². The third kappa shape index (κ3) is 3.05. The van der Waals surface area contributed by atoms with Crippen LogP contribution in [0.25, 0.3) is 0 Å². The number of hydrogen-bond donors (Lipinski definition) is 1. The van der Waals surface area contributed by atoms with Gasteiger partial charge in [0.1, 0.15) is 5.15 Å². The lowest BCUT2D eigenvalue weighted by Gasteiger charge is -2.06. The van der Waals surface area contributed by atoms with E-state index in [1.54, 1.807) is 36.7 Å². The fourth-order valence-electron chi connectivity index (χ4n) is 1.50. The predicted octanol–water partition coefficient (Wildman–Crippen LogP) is 2.94. The number of carbonyl (C=O) groups excluding carboxylic acids is 1. The lowest BCUT2D eigenvalue weighted by atomic mass is 10.2. The highest BCUT2D eigenvalue weighted by Gasteiger charge is 2.09. The van der Waals surface area contributed by atoms with Crippen molar-refractivity contribution in [3.8, 4) is 0 Å². The summed E-state index contributed by atoms with van der Waals surface area (Å²) in [6, 6.07) is 6.81. The number of pyridine rings is 2. The fraction of sp³-hybridized carbons (Fsp3) is 0.154. The molecule has 0 atom stereocenters. The van der Waals surface area contributed by atoms with Gasteiger partial charge in [0, 0.05) is 17.5 Å². The Kier molecular flexibility index (Phi) is 3.89. The molecule has 0 aliphatic carbocycles. The van der Waals surface area contributed by atoms with Gasteiger partial charge in [0.25, 0.3) is 5.91 Å². The zero-order chi connectivity index (χ0) is 13.0. The lowest BCUT2D eigenvalue weighted by molar-refractivity contribution is 0.102. The predicted molar refractivity (Wildman–Crippen MR) is 70.8 cm³/mol. The number of carbonyl (C=O) groups is 1. The van der Waals surface area contributed by atoms with E-state index in [1.807, 2.05) is 6.92 Å². The van der Waals surface area contributed by atoms with Crippen molar-refractivity contribution in [2.45, 2.75) is 13.3 Å². The van der Waals surface area contributed by atoms with E-state index in [0.29, 0.717) is 16.4 Å². The number of nitrogens with zero attached hydrogens (tertiary/aromatic N) is 2. The third-order valence-electron chi connectivity index (χ3n) is 2.39. The van der Waals surface area contributed by atoms with Crippen LogP contribution in [0.2, 0.25) is 5.15 Å². The van der Waals surface area contributed by atoms with Gasteiger partial charge in [-0.15, -0.1) is 0 Å². The molecule has 2 aromatic rings. The zero-order valence-corrected chi connectivity index (χ0v) is 10.6. The number of halogens is 1. The second kappa shape index (κ2) is 5.60. The van der Waals surface area contributed by atoms with E-state index in [-0.39, 0.29) is 5.91 Å². The number of hydrogen-bond acceptors (Lipinski definition) is 3. The molecule has 1 N–H and O–H groups in total. The fourth-order valence-corrected chi connectivity index (χ4v) is 1.73. The molecule has 2 aromatic heterocycles. The largest absolute Gasteiger partial charge is 0.321 e. The van der Waals surface area contributed by atoms with E-state index in [2.05, 4.69) is 15.3 Å². The Morgan fingerprint density at radius 1 is 1.44 bits per heavy atom. The van der Waals surface area contributed by atoms with Gasteiger partial charge < -0.3 is 5.32 Å². The summed E-state index contributed by atoms with van der Waals surface area (Å²) in [5, 5.41) is 3.07. The molecule has 0 saturated heterocycles. The van der Waals surface area contributed by atoms with Crippen LogP contribution in [0.3, 0.4) is 0 Å². The molecule has 92 valence electrons. The maximum absolute atomic E-state index is 12.0. The number of nitrogens with one attached hydrogen (secondary N) is 1. The van der Waals surface area contributed by atoms with Gasteiger partial charge in [-0.1, -0.05) is 18.5 Å². The molecule has 0 saturated carbocycles. The van der Waals surface area contributed by atoms with Gasteiger partial charge >= 0.3 is 0 Å². The Morgan fingerprint density at radius 3 is 2.94 bits per heavy atom. The van der Waals surface area contributed by atoms with Crippen molar-refractivity contribution >= 4 is 23.2 Å². The minimum Gasteiger partial charge on any atom is -0.321 e. The Hall–Kier alpha value is -1.94. The van der Waals surface area contributed by atoms with Crippen LogP contribution in [-0.4, -0.2) is 15.9 Å². The first-order valence-electron chi connectivity index (χ1n) is 5.57. The molecule has 1 amide bonds. The van der Waals surface area contributed by atoms with Crippen molar-refractivity contribution < 1.29 is 4.79 Å². The number of aromatic nitrogens is 2. The van der Waals surface area contributed by atoms with Gasteiger partial charge in [-0.2, -0.15) is 0 Å². The molecule has 0 aliphatic heterocycles. The molecule has 0 aliphatic rings. The highest BCUT2D eigenvalue weighted by atomic mass is 35.5. The highest BCUT2D eigenvalue weighted by molar-refractivity contribution is 6.29. The first-order chi connectivity index (χ1) is 8.69. The van der Waals surface area contributed by atoms with E-state index >= 15 is 0 Å². The molecule has 18 heavy (non-hydrogen) atoms. The van der Waals surface area contributed by atoms with Gasteiger partial charge in [-0.25, -0.2) is 4.98 Å². The highest BCUT2D eigenvalue weighted by Crippen LogP contribution is 2.13. The number of rotatable bonds is 3. The summed E-state index contributed by atoms with van der Waals surface area (Å²) in [6.45, 7) is 1.96. The van der Waals surface area contributed by atoms with Crippen molar-refractivity contribution in [1.82, 2.24) is 9.97 Å². The molecule has 2 heterocycles. The second-order valence-corrected chi connectivity index (χ2v) is 4.11. The van der Waals surface area contributed by atoms with Crippen molar-refractivity contribution in [2.24, 2.45) is 0 Å². The van der Waals surface area contributed by atoms with Gasteiger partial charge in [0.05, 0.1) is 11.9 Å². The van der Waals surface area contributed by atoms with Crippen LogP contribution in [0, 0.1) is 0 Å². The van der Waals surface area contributed by atoms with Gasteiger partial charge in [0.2, 0.25) is 0 Å². The zero-order valence-electron chi connectivity index (χ0n) is 9.85. The van der Waals surface area contributed by atoms with Crippen LogP contribution in [0.1, 0.15) is 23.0 Å². The standard InChI is InChI=1S/C13H12ClN3O/c1-2-10-6-9(7-12(14)16-10)13(18)17-11-4-3-5-15-8-11/h3-8H,2H2,1H3,(H,17,18). The first-order valence-corrected chi connectivity index (χ1v) is 5.94. The quantitative estimate of drug-likeness (QED) is 0.865. The molecule has 0 spiro atoms. The van der Waals surface area contributed by atoms with Gasteiger partial charge in [0.15, 0.2) is 0 Å². The van der Waals surface area contributed by atoms with Crippen LogP contribution in [-0.2, 0) is 6.42 Å². The van der Waals surface area contributed by atoms with Crippen molar-refractivity contribution in [1.29, 1.82) is 0 Å². The Labute approximate surface area is 110 Å². The molecule has 0 unspecified atom stereocenters. The van der Waals surface area contributed by atoms with E-state index in [9.17, 15) is 4.79 Å². The summed E-state index contributed by atoms with van der Waals surface area (Å²) in [5.41, 5.74) is 1.93. The summed E-state index contributed by atoms with van der Waals surface area (Å²) in [7, 11) is 0. The SMILES string of the molecule is CCc1cc(C(=O)Nc2cccnc2)cc(Cl)n1. The Balaban J connectivity index is 2.21. The van der Waals surface area contributed by atoms with Gasteiger partial charge in [-0.05, 0) is 30.7 Å². The van der Waals surface area contributed by atoms with Crippen LogP contribution >= 0.6 is 11.6 Å². The van der Waals surface area contributed by atoms with E-state index in [0.717, 1.165) is 12.1 Å². The van der Waals surface area contributed by atoms with Gasteiger partial charge in [-0.3, -0.25) is 9.78 Å². The minimum atomic E-state index is -0.220. The van der Waals surface area contributed by atoms with Crippen molar-refractivity contribution in [2.75, 3.05) is 5.32 Å². The van der Waals surface area contributed by atoms with Crippen LogP contribution < -0.4 is 5.32 Å². The molecule has 4 nitrogen and oxygen atoms in total. The van der Waals surface area contributed by atoms with Crippen molar-refractivity contribution in [3.05, 3.63) is 53.1 Å². The Bertz CT molecular complexity index is 557. The monoisotopic (exact) mass is 261 g/mol. The smallest absolute Gasteiger partial charge is 0.255 e. The van der Waals surface area contributed by atoms with Crippen LogP contribution in [0.4, 0.5) is 5.69 Å². The average Bonchev–Trinajstić information content (AvgIpc) is 2.39. The van der Waals surface area contributed by atoms with E-state index in [1.165, 1.54) is 0 Å². The van der Waals surface area contributed by atoms with E-state index < -0.39 is 0 Å². The second-order valence-electron chi connectivity index (χ2n) is 3.72. The minimum absolute atomic E-state index is 0.220. The topological polar surface area (TPSA) is 54.9 Å². The molecule has 2 rings (SSSR count). The number of anilines is 1. The normalized spacial score (nSPS) is 10.1. The summed E-state index contributed by atoms with van der Waals surface area (Å²) in [4.78, 5) is 20.1. The Morgan fingerprint density at radius 2 is 2.28 bits per heavy atom. The van der Waals surface area contributed by atoms with Crippen molar-refractivity contribution in [3.63, 3.8) is 0 Å². The molecule has 0 fully saturated rings.